The van der Waals surface area contributed by atoms with Crippen molar-refractivity contribution in [2.75, 3.05) is 44.2 Å². The zero-order valence-corrected chi connectivity index (χ0v) is 20.5. The molecule has 0 unspecified atom stereocenters. The van der Waals surface area contributed by atoms with Crippen LogP contribution in [0.4, 0.5) is 5.13 Å². The molecule has 0 bridgehead atoms. The minimum Gasteiger partial charge on any atom is -0.396 e. The van der Waals surface area contributed by atoms with E-state index < -0.39 is 0 Å². The molecule has 5 nitrogen and oxygen atoms in total. The lowest BCUT2D eigenvalue weighted by Gasteiger charge is -2.42. The Bertz CT molecular complexity index is 883. The highest BCUT2D eigenvalue weighted by atomic mass is 32.1. The normalized spacial score (nSPS) is 20.6. The number of hydrogen-bond donors (Lipinski definition) is 1. The van der Waals surface area contributed by atoms with Crippen molar-refractivity contribution in [3.05, 3.63) is 29.3 Å². The van der Waals surface area contributed by atoms with Crippen LogP contribution in [0.2, 0.25) is 0 Å². The molecule has 1 N–H and O–H groups in total. The highest BCUT2D eigenvalue weighted by Gasteiger charge is 2.37. The second kappa shape index (κ2) is 9.16. The Balaban J connectivity index is 1.43. The molecular formula is C25H38N4OS. The van der Waals surface area contributed by atoms with E-state index in [1.807, 2.05) is 0 Å². The molecule has 4 rings (SSSR count). The number of rotatable bonds is 7. The summed E-state index contributed by atoms with van der Waals surface area (Å²) in [6, 6.07) is 6.96. The van der Waals surface area contributed by atoms with E-state index in [4.69, 9.17) is 5.11 Å². The van der Waals surface area contributed by atoms with Crippen LogP contribution < -0.4 is 4.90 Å². The van der Waals surface area contributed by atoms with Crippen LogP contribution in [-0.2, 0) is 10.8 Å². The average Bonchev–Trinajstić information content (AvgIpc) is 3.25. The number of benzene rings is 1. The number of aliphatic hydroxyl groups is 1. The van der Waals surface area contributed by atoms with Crippen LogP contribution in [0.1, 0.15) is 70.9 Å². The molecule has 0 amide bonds. The van der Waals surface area contributed by atoms with Gasteiger partial charge in [0.05, 0.1) is 0 Å². The lowest BCUT2D eigenvalue weighted by molar-refractivity contribution is 0.242. The van der Waals surface area contributed by atoms with Gasteiger partial charge in [0.2, 0.25) is 5.13 Å². The fourth-order valence-corrected chi connectivity index (χ4v) is 5.86. The van der Waals surface area contributed by atoms with Gasteiger partial charge in [0.1, 0.15) is 5.01 Å². The van der Waals surface area contributed by atoms with Gasteiger partial charge in [-0.25, -0.2) is 0 Å². The van der Waals surface area contributed by atoms with Gasteiger partial charge in [-0.05, 0) is 66.7 Å². The van der Waals surface area contributed by atoms with Crippen molar-refractivity contribution in [2.45, 2.75) is 70.6 Å². The van der Waals surface area contributed by atoms with Gasteiger partial charge in [0.15, 0.2) is 0 Å². The molecule has 1 aliphatic heterocycles. The molecule has 1 aromatic carbocycles. The largest absolute Gasteiger partial charge is 0.396 e. The molecule has 2 heterocycles. The summed E-state index contributed by atoms with van der Waals surface area (Å²) in [5.74, 6) is 0. The van der Waals surface area contributed by atoms with Crippen molar-refractivity contribution in [2.24, 2.45) is 0 Å². The SMILES string of the molecule is CC1(C)CCC(C)(C)c2cc(-c3nnc(N4CCN(CCCCCO)CC4)s3)ccc21. The van der Waals surface area contributed by atoms with Crippen LogP contribution in [0.5, 0.6) is 0 Å². The lowest BCUT2D eigenvalue weighted by atomic mass is 9.63. The Hall–Kier alpha value is -1.50. The molecule has 31 heavy (non-hydrogen) atoms. The molecule has 0 spiro atoms. The van der Waals surface area contributed by atoms with E-state index in [0.717, 1.165) is 55.7 Å². The van der Waals surface area contributed by atoms with Crippen molar-refractivity contribution >= 4 is 16.5 Å². The predicted molar refractivity (Wildman–Crippen MR) is 130 cm³/mol. The van der Waals surface area contributed by atoms with E-state index in [-0.39, 0.29) is 10.8 Å². The standard InChI is InChI=1S/C25H38N4OS/c1-24(2)10-11-25(3,4)21-18-19(8-9-20(21)24)22-26-27-23(31-22)29-15-13-28(14-16-29)12-6-5-7-17-30/h8-9,18,30H,5-7,10-17H2,1-4H3. The van der Waals surface area contributed by atoms with E-state index >= 15 is 0 Å². The number of anilines is 1. The fourth-order valence-electron chi connectivity index (χ4n) is 4.97. The third kappa shape index (κ3) is 4.96. The highest BCUT2D eigenvalue weighted by molar-refractivity contribution is 7.18. The highest BCUT2D eigenvalue weighted by Crippen LogP contribution is 2.47. The molecule has 0 radical (unpaired) electrons. The maximum atomic E-state index is 8.92. The van der Waals surface area contributed by atoms with Gasteiger partial charge in [0, 0.05) is 38.3 Å². The fraction of sp³-hybridized carbons (Fsp3) is 0.680. The van der Waals surface area contributed by atoms with Crippen LogP contribution in [0.3, 0.4) is 0 Å². The topological polar surface area (TPSA) is 52.5 Å². The zero-order valence-electron chi connectivity index (χ0n) is 19.7. The van der Waals surface area contributed by atoms with Crippen molar-refractivity contribution in [3.8, 4) is 10.6 Å². The van der Waals surface area contributed by atoms with Crippen molar-refractivity contribution in [3.63, 3.8) is 0 Å². The first-order chi connectivity index (χ1) is 14.8. The molecule has 2 aliphatic rings. The van der Waals surface area contributed by atoms with Crippen LogP contribution in [-0.4, -0.2) is 59.5 Å². The van der Waals surface area contributed by atoms with E-state index in [2.05, 4.69) is 65.9 Å². The summed E-state index contributed by atoms with van der Waals surface area (Å²) in [6.07, 6.45) is 5.68. The molecule has 1 fully saturated rings. The summed E-state index contributed by atoms with van der Waals surface area (Å²) in [5, 5.41) is 20.1. The maximum absolute atomic E-state index is 8.92. The number of hydrogen-bond acceptors (Lipinski definition) is 6. The predicted octanol–water partition coefficient (Wildman–Crippen LogP) is 4.84. The van der Waals surface area contributed by atoms with Crippen molar-refractivity contribution in [1.29, 1.82) is 0 Å². The minimum atomic E-state index is 0.210. The van der Waals surface area contributed by atoms with Gasteiger partial charge < -0.3 is 10.0 Å². The van der Waals surface area contributed by atoms with Gasteiger partial charge in [-0.2, -0.15) is 0 Å². The van der Waals surface area contributed by atoms with E-state index in [0.29, 0.717) is 6.61 Å². The Kier molecular flexibility index (Phi) is 6.71. The molecule has 6 heteroatoms. The summed E-state index contributed by atoms with van der Waals surface area (Å²) < 4.78 is 0. The lowest BCUT2D eigenvalue weighted by Crippen LogP contribution is -2.46. The van der Waals surface area contributed by atoms with Crippen molar-refractivity contribution in [1.82, 2.24) is 15.1 Å². The average molecular weight is 443 g/mol. The summed E-state index contributed by atoms with van der Waals surface area (Å²) in [7, 11) is 0. The van der Waals surface area contributed by atoms with Gasteiger partial charge >= 0.3 is 0 Å². The molecule has 1 aliphatic carbocycles. The molecule has 1 aromatic heterocycles. The molecule has 2 aromatic rings. The summed E-state index contributed by atoms with van der Waals surface area (Å²) >= 11 is 1.73. The van der Waals surface area contributed by atoms with Crippen LogP contribution in [0.25, 0.3) is 10.6 Å². The number of aromatic nitrogens is 2. The molecule has 170 valence electrons. The zero-order chi connectivity index (χ0) is 22.1. The van der Waals surface area contributed by atoms with Crippen LogP contribution in [0, 0.1) is 0 Å². The van der Waals surface area contributed by atoms with E-state index in [1.165, 1.54) is 36.0 Å². The molecule has 1 saturated heterocycles. The molecular weight excluding hydrogens is 404 g/mol. The first-order valence-corrected chi connectivity index (χ1v) is 12.7. The Morgan fingerprint density at radius 2 is 1.61 bits per heavy atom. The number of piperazine rings is 1. The smallest absolute Gasteiger partial charge is 0.208 e. The second-order valence-corrected chi connectivity index (χ2v) is 11.5. The van der Waals surface area contributed by atoms with Crippen molar-refractivity contribution < 1.29 is 5.11 Å². The minimum absolute atomic E-state index is 0.210. The first kappa shape index (κ1) is 22.7. The molecule has 0 saturated carbocycles. The third-order valence-corrected chi connectivity index (χ3v) is 8.32. The van der Waals surface area contributed by atoms with E-state index in [9.17, 15) is 0 Å². The number of fused-ring (bicyclic) bond motifs is 1. The Morgan fingerprint density at radius 3 is 2.32 bits per heavy atom. The monoisotopic (exact) mass is 442 g/mol. The van der Waals surface area contributed by atoms with Crippen LogP contribution in [0.15, 0.2) is 18.2 Å². The number of nitrogens with zero attached hydrogens (tertiary/aromatic N) is 4. The van der Waals surface area contributed by atoms with Gasteiger partial charge in [-0.15, -0.1) is 10.2 Å². The second-order valence-electron chi connectivity index (χ2n) is 10.5. The summed E-state index contributed by atoms with van der Waals surface area (Å²) in [5.41, 5.74) is 4.63. The first-order valence-electron chi connectivity index (χ1n) is 11.9. The van der Waals surface area contributed by atoms with Gasteiger partial charge in [-0.1, -0.05) is 51.2 Å². The quantitative estimate of drug-likeness (QED) is 0.622. The molecule has 0 atom stereocenters. The summed E-state index contributed by atoms with van der Waals surface area (Å²) in [4.78, 5) is 4.92. The van der Waals surface area contributed by atoms with E-state index in [1.54, 1.807) is 11.3 Å². The number of aliphatic hydroxyl groups excluding tert-OH is 1. The third-order valence-electron chi connectivity index (χ3n) is 7.29. The summed E-state index contributed by atoms with van der Waals surface area (Å²) in [6.45, 7) is 15.1. The van der Waals surface area contributed by atoms with Gasteiger partial charge in [-0.3, -0.25) is 4.90 Å². The number of unbranched alkanes of at least 4 members (excludes halogenated alkanes) is 2. The van der Waals surface area contributed by atoms with Gasteiger partial charge in [0.25, 0.3) is 0 Å². The maximum Gasteiger partial charge on any atom is 0.208 e. The van der Waals surface area contributed by atoms with Crippen LogP contribution >= 0.6 is 11.3 Å². The Morgan fingerprint density at radius 1 is 0.903 bits per heavy atom. The Labute approximate surface area is 191 Å².